The second kappa shape index (κ2) is 6.34. The Balaban J connectivity index is 2.45. The fourth-order valence-corrected chi connectivity index (χ4v) is 1.82. The summed E-state index contributed by atoms with van der Waals surface area (Å²) < 4.78 is 24.1. The van der Waals surface area contributed by atoms with Crippen LogP contribution in [0.4, 0.5) is 10.3 Å². The molecule has 0 aliphatic heterocycles. The molecule has 6 nitrogen and oxygen atoms in total. The van der Waals surface area contributed by atoms with E-state index in [9.17, 15) is 9.18 Å². The number of rotatable bonds is 5. The van der Waals surface area contributed by atoms with Crippen molar-refractivity contribution in [1.82, 2.24) is 10.1 Å². The Morgan fingerprint density at radius 3 is 2.71 bits per heavy atom. The number of ether oxygens (including phenoxy) is 1. The van der Waals surface area contributed by atoms with Gasteiger partial charge in [-0.1, -0.05) is 18.2 Å². The number of hydrogen-bond acceptors (Lipinski definition) is 6. The molecular weight excluding hydrogens is 277 g/mol. The van der Waals surface area contributed by atoms with Crippen molar-refractivity contribution in [2.45, 2.75) is 12.8 Å². The number of aromatic nitrogens is 2. The predicted molar refractivity (Wildman–Crippen MR) is 73.5 cm³/mol. The van der Waals surface area contributed by atoms with Crippen LogP contribution >= 0.6 is 0 Å². The number of nitrogens with zero attached hydrogens (tertiary/aromatic N) is 3. The van der Waals surface area contributed by atoms with Gasteiger partial charge in [0.05, 0.1) is 6.61 Å². The molecule has 112 valence electrons. The van der Waals surface area contributed by atoms with Gasteiger partial charge in [0.1, 0.15) is 5.82 Å². The maximum absolute atomic E-state index is 14.0. The molecule has 1 unspecified atom stereocenters. The van der Waals surface area contributed by atoms with E-state index in [0.717, 1.165) is 0 Å². The molecule has 0 N–H and O–H groups in total. The van der Waals surface area contributed by atoms with E-state index in [4.69, 9.17) is 9.26 Å². The number of esters is 1. The largest absolute Gasteiger partial charge is 0.465 e. The molecule has 1 atom stereocenters. The minimum absolute atomic E-state index is 0.00208. The molecule has 0 saturated heterocycles. The predicted octanol–water partition coefficient (Wildman–Crippen LogP) is 1.97. The van der Waals surface area contributed by atoms with E-state index < -0.39 is 17.7 Å². The van der Waals surface area contributed by atoms with E-state index in [0.29, 0.717) is 5.95 Å². The summed E-state index contributed by atoms with van der Waals surface area (Å²) in [7, 11) is 3.47. The first-order chi connectivity index (χ1) is 10.0. The average Bonchev–Trinajstić information content (AvgIpc) is 2.91. The van der Waals surface area contributed by atoms with Crippen LogP contribution in [0.2, 0.25) is 0 Å². The van der Waals surface area contributed by atoms with Crippen LogP contribution in [0.15, 0.2) is 28.8 Å². The third kappa shape index (κ3) is 3.18. The van der Waals surface area contributed by atoms with Gasteiger partial charge in [-0.2, -0.15) is 4.98 Å². The molecule has 0 amide bonds. The zero-order chi connectivity index (χ0) is 15.4. The lowest BCUT2D eigenvalue weighted by Gasteiger charge is -2.12. The smallest absolute Gasteiger partial charge is 0.323 e. The number of benzene rings is 1. The maximum Gasteiger partial charge on any atom is 0.323 e. The van der Waals surface area contributed by atoms with Gasteiger partial charge in [-0.15, -0.1) is 0 Å². The minimum atomic E-state index is -1.08. The highest BCUT2D eigenvalue weighted by atomic mass is 19.1. The second-order valence-corrected chi connectivity index (χ2v) is 4.53. The third-order valence-electron chi connectivity index (χ3n) is 2.82. The Hall–Kier alpha value is -2.44. The summed E-state index contributed by atoms with van der Waals surface area (Å²) in [5, 5.41) is 3.74. The molecule has 0 spiro atoms. The van der Waals surface area contributed by atoms with Gasteiger partial charge in [0.25, 0.3) is 5.95 Å². The molecule has 2 rings (SSSR count). The van der Waals surface area contributed by atoms with Gasteiger partial charge in [-0.05, 0) is 18.1 Å². The van der Waals surface area contributed by atoms with Gasteiger partial charge in [0.2, 0.25) is 5.89 Å². The Morgan fingerprint density at radius 2 is 2.14 bits per heavy atom. The zero-order valence-corrected chi connectivity index (χ0v) is 12.0. The molecule has 0 radical (unpaired) electrons. The van der Waals surface area contributed by atoms with Crippen molar-refractivity contribution in [3.8, 4) is 0 Å². The summed E-state index contributed by atoms with van der Waals surface area (Å²) in [4.78, 5) is 17.9. The van der Waals surface area contributed by atoms with E-state index in [-0.39, 0.29) is 18.1 Å². The molecule has 0 saturated carbocycles. The van der Waals surface area contributed by atoms with Crippen LogP contribution in [0.5, 0.6) is 0 Å². The normalized spacial score (nSPS) is 12.0. The molecule has 1 heterocycles. The number of anilines is 1. The fraction of sp³-hybridized carbons (Fsp3) is 0.357. The quantitative estimate of drug-likeness (QED) is 0.785. The fourth-order valence-electron chi connectivity index (χ4n) is 1.82. The molecule has 0 bridgehead atoms. The van der Waals surface area contributed by atoms with E-state index in [1.54, 1.807) is 38.1 Å². The highest BCUT2D eigenvalue weighted by Crippen LogP contribution is 2.28. The lowest BCUT2D eigenvalue weighted by atomic mass is 9.98. The Bertz CT molecular complexity index is 627. The van der Waals surface area contributed by atoms with Gasteiger partial charge in [0, 0.05) is 19.7 Å². The lowest BCUT2D eigenvalue weighted by Crippen LogP contribution is -2.19. The number of carbonyl (C=O) groups excluding carboxylic acids is 1. The van der Waals surface area contributed by atoms with E-state index in [1.165, 1.54) is 12.1 Å². The van der Waals surface area contributed by atoms with Gasteiger partial charge in [-0.3, -0.25) is 4.79 Å². The van der Waals surface area contributed by atoms with Crippen LogP contribution in [-0.2, 0) is 9.53 Å². The Labute approximate surface area is 121 Å². The van der Waals surface area contributed by atoms with Crippen LogP contribution < -0.4 is 4.90 Å². The van der Waals surface area contributed by atoms with Gasteiger partial charge < -0.3 is 14.2 Å². The SMILES string of the molecule is CCOC(=O)C(c1nc(N(C)C)no1)c1ccccc1F. The van der Waals surface area contributed by atoms with Crippen molar-refractivity contribution in [1.29, 1.82) is 0 Å². The average molecular weight is 293 g/mol. The first kappa shape index (κ1) is 15.0. The van der Waals surface area contributed by atoms with E-state index in [2.05, 4.69) is 10.1 Å². The summed E-state index contributed by atoms with van der Waals surface area (Å²) in [6.45, 7) is 1.85. The van der Waals surface area contributed by atoms with Crippen molar-refractivity contribution in [3.05, 3.63) is 41.5 Å². The standard InChI is InChI=1S/C14H16FN3O3/c1-4-20-13(19)11(9-7-5-6-8-10(9)15)12-16-14(17-21-12)18(2)3/h5-8,11H,4H2,1-3H3. The number of halogens is 1. The Kier molecular flexibility index (Phi) is 4.52. The van der Waals surface area contributed by atoms with Crippen LogP contribution in [0.25, 0.3) is 0 Å². The van der Waals surface area contributed by atoms with Gasteiger partial charge in [-0.25, -0.2) is 4.39 Å². The Morgan fingerprint density at radius 1 is 1.43 bits per heavy atom. The van der Waals surface area contributed by atoms with Gasteiger partial charge >= 0.3 is 5.97 Å². The lowest BCUT2D eigenvalue weighted by molar-refractivity contribution is -0.144. The summed E-state index contributed by atoms with van der Waals surface area (Å²) >= 11 is 0. The molecule has 1 aromatic heterocycles. The molecule has 0 aliphatic rings. The van der Waals surface area contributed by atoms with E-state index >= 15 is 0 Å². The third-order valence-corrected chi connectivity index (χ3v) is 2.82. The second-order valence-electron chi connectivity index (χ2n) is 4.53. The van der Waals surface area contributed by atoms with Crippen molar-refractivity contribution in [3.63, 3.8) is 0 Å². The summed E-state index contributed by atoms with van der Waals surface area (Å²) in [5.74, 6) is -1.93. The van der Waals surface area contributed by atoms with Crippen LogP contribution in [0, 0.1) is 5.82 Å². The molecule has 2 aromatic rings. The summed E-state index contributed by atoms with van der Waals surface area (Å²) in [6.07, 6.45) is 0. The number of carbonyl (C=O) groups is 1. The molecule has 21 heavy (non-hydrogen) atoms. The topological polar surface area (TPSA) is 68.5 Å². The van der Waals surface area contributed by atoms with Crippen molar-refractivity contribution in [2.24, 2.45) is 0 Å². The van der Waals surface area contributed by atoms with Crippen molar-refractivity contribution < 1.29 is 18.4 Å². The molecule has 1 aromatic carbocycles. The highest BCUT2D eigenvalue weighted by molar-refractivity contribution is 5.81. The minimum Gasteiger partial charge on any atom is -0.465 e. The molecule has 7 heteroatoms. The maximum atomic E-state index is 14.0. The van der Waals surface area contributed by atoms with Crippen LogP contribution in [0.1, 0.15) is 24.3 Å². The molecular formula is C14H16FN3O3. The van der Waals surface area contributed by atoms with Crippen molar-refractivity contribution in [2.75, 3.05) is 25.6 Å². The summed E-state index contributed by atoms with van der Waals surface area (Å²) in [5.41, 5.74) is 0.143. The molecule has 0 aliphatic carbocycles. The van der Waals surface area contributed by atoms with E-state index in [1.807, 2.05) is 0 Å². The zero-order valence-electron chi connectivity index (χ0n) is 12.0. The summed E-state index contributed by atoms with van der Waals surface area (Å²) in [6, 6.07) is 5.94. The van der Waals surface area contributed by atoms with Crippen LogP contribution in [-0.4, -0.2) is 36.8 Å². The highest BCUT2D eigenvalue weighted by Gasteiger charge is 2.32. The first-order valence-electron chi connectivity index (χ1n) is 6.46. The number of hydrogen-bond donors (Lipinski definition) is 0. The van der Waals surface area contributed by atoms with Crippen molar-refractivity contribution >= 4 is 11.9 Å². The monoisotopic (exact) mass is 293 g/mol. The van der Waals surface area contributed by atoms with Crippen LogP contribution in [0.3, 0.4) is 0 Å². The first-order valence-corrected chi connectivity index (χ1v) is 6.46. The molecule has 0 fully saturated rings. The van der Waals surface area contributed by atoms with Gasteiger partial charge in [0.15, 0.2) is 5.92 Å².